The molecule has 1 heterocycles. The van der Waals surface area contributed by atoms with E-state index in [9.17, 15) is 14.4 Å². The maximum atomic E-state index is 12.6. The highest BCUT2D eigenvalue weighted by molar-refractivity contribution is 7.98. The average Bonchev–Trinajstić information content (AvgIpc) is 3.20. The lowest BCUT2D eigenvalue weighted by Crippen LogP contribution is -2.43. The summed E-state index contributed by atoms with van der Waals surface area (Å²) in [5.41, 5.74) is 1.97. The van der Waals surface area contributed by atoms with Gasteiger partial charge >= 0.3 is 5.97 Å². The van der Waals surface area contributed by atoms with Crippen molar-refractivity contribution in [2.24, 2.45) is 0 Å². The predicted octanol–water partition coefficient (Wildman–Crippen LogP) is 3.21. The van der Waals surface area contributed by atoms with Gasteiger partial charge in [-0.3, -0.25) is 9.59 Å². The van der Waals surface area contributed by atoms with E-state index in [4.69, 9.17) is 4.74 Å². The fourth-order valence-electron chi connectivity index (χ4n) is 3.09. The first-order valence-electron chi connectivity index (χ1n) is 10.4. The molecule has 1 aromatic heterocycles. The summed E-state index contributed by atoms with van der Waals surface area (Å²) in [6.07, 6.45) is 2.30. The van der Waals surface area contributed by atoms with Crippen molar-refractivity contribution in [3.05, 3.63) is 78.0 Å². The Morgan fingerprint density at radius 1 is 1.06 bits per heavy atom. The minimum atomic E-state index is -0.852. The molecule has 0 spiro atoms. The Kier molecular flexibility index (Phi) is 8.65. The molecule has 2 N–H and O–H groups in total. The first-order valence-corrected chi connectivity index (χ1v) is 11.8. The molecular formula is C24H26N4O4S. The SMILES string of the molecule is CSCCC(NC(=O)c1ccccc1)C(=O)OCC(=O)Nc1cc(C)nn1-c1ccccc1. The normalized spacial score (nSPS) is 11.5. The highest BCUT2D eigenvalue weighted by Crippen LogP contribution is 2.17. The van der Waals surface area contributed by atoms with Crippen LogP contribution in [0.3, 0.4) is 0 Å². The van der Waals surface area contributed by atoms with Crippen LogP contribution in [0.2, 0.25) is 0 Å². The zero-order valence-electron chi connectivity index (χ0n) is 18.5. The third kappa shape index (κ3) is 6.95. The number of anilines is 1. The summed E-state index contributed by atoms with van der Waals surface area (Å²) in [6, 6.07) is 18.9. The van der Waals surface area contributed by atoms with E-state index < -0.39 is 24.5 Å². The molecule has 0 aliphatic carbocycles. The molecule has 0 radical (unpaired) electrons. The molecule has 0 fully saturated rings. The van der Waals surface area contributed by atoms with Gasteiger partial charge in [0.25, 0.3) is 11.8 Å². The summed E-state index contributed by atoms with van der Waals surface area (Å²) in [7, 11) is 0. The van der Waals surface area contributed by atoms with Gasteiger partial charge in [0.15, 0.2) is 6.61 Å². The molecular weight excluding hydrogens is 440 g/mol. The summed E-state index contributed by atoms with van der Waals surface area (Å²) < 4.78 is 6.83. The number of benzene rings is 2. The third-order valence-electron chi connectivity index (χ3n) is 4.68. The lowest BCUT2D eigenvalue weighted by molar-refractivity contribution is -0.149. The fourth-order valence-corrected chi connectivity index (χ4v) is 3.56. The minimum Gasteiger partial charge on any atom is -0.454 e. The van der Waals surface area contributed by atoms with Gasteiger partial charge in [-0.15, -0.1) is 0 Å². The Bertz CT molecular complexity index is 1090. The van der Waals surface area contributed by atoms with Gasteiger partial charge in [0, 0.05) is 11.6 Å². The fraction of sp³-hybridized carbons (Fsp3) is 0.250. The average molecular weight is 467 g/mol. The molecule has 3 rings (SSSR count). The molecule has 0 aliphatic heterocycles. The number of carbonyl (C=O) groups excluding carboxylic acids is 3. The van der Waals surface area contributed by atoms with Gasteiger partial charge < -0.3 is 15.4 Å². The van der Waals surface area contributed by atoms with Crippen LogP contribution in [-0.4, -0.2) is 52.2 Å². The van der Waals surface area contributed by atoms with Crippen molar-refractivity contribution in [1.82, 2.24) is 15.1 Å². The van der Waals surface area contributed by atoms with E-state index in [1.54, 1.807) is 52.8 Å². The van der Waals surface area contributed by atoms with E-state index in [-0.39, 0.29) is 5.91 Å². The molecule has 3 aromatic rings. The number of rotatable bonds is 10. The standard InChI is InChI=1S/C24H26N4O4S/c1-17-15-21(28(27-17)19-11-7-4-8-12-19)26-22(29)16-32-24(31)20(13-14-33-2)25-23(30)18-9-5-3-6-10-18/h3-12,15,20H,13-14,16H2,1-2H3,(H,25,30)(H,26,29). The van der Waals surface area contributed by atoms with E-state index in [1.165, 1.54) is 0 Å². The first-order chi connectivity index (χ1) is 16.0. The lowest BCUT2D eigenvalue weighted by atomic mass is 10.1. The van der Waals surface area contributed by atoms with Gasteiger partial charge in [-0.25, -0.2) is 9.48 Å². The quantitative estimate of drug-likeness (QED) is 0.445. The number of aromatic nitrogens is 2. The summed E-state index contributed by atoms with van der Waals surface area (Å²) in [5.74, 6) is -0.410. The Morgan fingerprint density at radius 2 is 1.73 bits per heavy atom. The molecule has 0 bridgehead atoms. The number of thioether (sulfide) groups is 1. The largest absolute Gasteiger partial charge is 0.454 e. The highest BCUT2D eigenvalue weighted by Gasteiger charge is 2.23. The van der Waals surface area contributed by atoms with Crippen LogP contribution in [0.1, 0.15) is 22.5 Å². The van der Waals surface area contributed by atoms with Crippen molar-refractivity contribution in [2.45, 2.75) is 19.4 Å². The van der Waals surface area contributed by atoms with Gasteiger partial charge in [-0.1, -0.05) is 36.4 Å². The molecule has 172 valence electrons. The lowest BCUT2D eigenvalue weighted by Gasteiger charge is -2.17. The van der Waals surface area contributed by atoms with Gasteiger partial charge in [-0.05, 0) is 49.6 Å². The summed E-state index contributed by atoms with van der Waals surface area (Å²) in [4.78, 5) is 37.6. The minimum absolute atomic E-state index is 0.370. The van der Waals surface area contributed by atoms with Gasteiger partial charge in [0.2, 0.25) is 0 Å². The number of ether oxygens (including phenoxy) is 1. The molecule has 33 heavy (non-hydrogen) atoms. The number of amides is 2. The van der Waals surface area contributed by atoms with Crippen LogP contribution in [0.15, 0.2) is 66.7 Å². The van der Waals surface area contributed by atoms with E-state index >= 15 is 0 Å². The van der Waals surface area contributed by atoms with Crippen LogP contribution in [-0.2, 0) is 14.3 Å². The van der Waals surface area contributed by atoms with E-state index in [2.05, 4.69) is 15.7 Å². The molecule has 0 saturated carbocycles. The second kappa shape index (κ2) is 11.9. The van der Waals surface area contributed by atoms with E-state index in [1.807, 2.05) is 43.5 Å². The molecule has 1 unspecified atom stereocenters. The third-order valence-corrected chi connectivity index (χ3v) is 5.33. The van der Waals surface area contributed by atoms with Crippen molar-refractivity contribution >= 4 is 35.4 Å². The van der Waals surface area contributed by atoms with Crippen molar-refractivity contribution in [3.63, 3.8) is 0 Å². The number of esters is 1. The summed E-state index contributed by atoms with van der Waals surface area (Å²) in [6.45, 7) is 1.34. The number of aryl methyl sites for hydroxylation is 1. The number of nitrogens with one attached hydrogen (secondary N) is 2. The Labute approximate surface area is 196 Å². The molecule has 1 atom stereocenters. The molecule has 0 aliphatic rings. The molecule has 2 aromatic carbocycles. The van der Waals surface area contributed by atoms with E-state index in [0.717, 1.165) is 11.4 Å². The van der Waals surface area contributed by atoms with Crippen LogP contribution in [0.5, 0.6) is 0 Å². The van der Waals surface area contributed by atoms with E-state index in [0.29, 0.717) is 23.6 Å². The maximum absolute atomic E-state index is 12.6. The van der Waals surface area contributed by atoms with Crippen LogP contribution >= 0.6 is 11.8 Å². The number of para-hydroxylation sites is 1. The molecule has 0 saturated heterocycles. The van der Waals surface area contributed by atoms with Crippen LogP contribution in [0.4, 0.5) is 5.82 Å². The molecule has 2 amide bonds. The number of nitrogens with zero attached hydrogens (tertiary/aromatic N) is 2. The zero-order chi connectivity index (χ0) is 23.6. The molecule has 8 nitrogen and oxygen atoms in total. The van der Waals surface area contributed by atoms with Gasteiger partial charge in [-0.2, -0.15) is 16.9 Å². The van der Waals surface area contributed by atoms with Crippen LogP contribution < -0.4 is 10.6 Å². The van der Waals surface area contributed by atoms with Gasteiger partial charge in [0.1, 0.15) is 11.9 Å². The van der Waals surface area contributed by atoms with Crippen LogP contribution in [0, 0.1) is 6.92 Å². The number of hydrogen-bond acceptors (Lipinski definition) is 6. The number of carbonyl (C=O) groups is 3. The molecule has 9 heteroatoms. The number of hydrogen-bond donors (Lipinski definition) is 2. The maximum Gasteiger partial charge on any atom is 0.329 e. The zero-order valence-corrected chi connectivity index (χ0v) is 19.3. The first kappa shape index (κ1) is 24.1. The predicted molar refractivity (Wildman–Crippen MR) is 129 cm³/mol. The second-order valence-electron chi connectivity index (χ2n) is 7.25. The summed E-state index contributed by atoms with van der Waals surface area (Å²) in [5, 5.41) is 9.83. The second-order valence-corrected chi connectivity index (χ2v) is 8.23. The summed E-state index contributed by atoms with van der Waals surface area (Å²) >= 11 is 1.55. The monoisotopic (exact) mass is 466 g/mol. The van der Waals surface area contributed by atoms with Crippen molar-refractivity contribution in [1.29, 1.82) is 0 Å². The Balaban J connectivity index is 1.60. The van der Waals surface area contributed by atoms with Crippen molar-refractivity contribution in [2.75, 3.05) is 23.9 Å². The Morgan fingerprint density at radius 3 is 2.39 bits per heavy atom. The Hall–Kier alpha value is -3.59. The van der Waals surface area contributed by atoms with Crippen molar-refractivity contribution < 1.29 is 19.1 Å². The van der Waals surface area contributed by atoms with Crippen molar-refractivity contribution in [3.8, 4) is 5.69 Å². The highest BCUT2D eigenvalue weighted by atomic mass is 32.2. The topological polar surface area (TPSA) is 102 Å². The smallest absolute Gasteiger partial charge is 0.329 e. The van der Waals surface area contributed by atoms with Crippen LogP contribution in [0.25, 0.3) is 5.69 Å². The van der Waals surface area contributed by atoms with Gasteiger partial charge in [0.05, 0.1) is 11.4 Å².